The molecule has 1 saturated carbocycles. The van der Waals surface area contributed by atoms with Gasteiger partial charge in [0.05, 0.1) is 0 Å². The Hall–Kier alpha value is -1.64. The molecule has 1 aromatic heterocycles. The van der Waals surface area contributed by atoms with Crippen molar-refractivity contribution in [2.75, 3.05) is 4.90 Å². The normalized spacial score (nSPS) is 21.9. The molecule has 108 valence electrons. The number of rotatable bonds is 1. The SMILES string of the molecule is O=C1NC2(CCCC2)C(=O)N1c1nc(C(F)(F)F)cs1. The molecule has 1 spiro atoms. The third kappa shape index (κ3) is 1.88. The number of hydrogen-bond donors (Lipinski definition) is 1. The number of anilines is 1. The average Bonchev–Trinajstić information content (AvgIpc) is 3.01. The number of nitrogens with zero attached hydrogens (tertiary/aromatic N) is 2. The van der Waals surface area contributed by atoms with E-state index in [1.54, 1.807) is 0 Å². The summed E-state index contributed by atoms with van der Waals surface area (Å²) in [5, 5.41) is 3.17. The van der Waals surface area contributed by atoms with Crippen molar-refractivity contribution in [2.45, 2.75) is 37.4 Å². The fourth-order valence-corrected chi connectivity index (χ4v) is 3.43. The van der Waals surface area contributed by atoms with Crippen LogP contribution in [0.2, 0.25) is 0 Å². The van der Waals surface area contributed by atoms with Crippen LogP contribution in [0, 0.1) is 0 Å². The first-order valence-corrected chi connectivity index (χ1v) is 6.91. The lowest BCUT2D eigenvalue weighted by Gasteiger charge is -2.19. The van der Waals surface area contributed by atoms with Crippen LogP contribution in [0.1, 0.15) is 31.4 Å². The van der Waals surface area contributed by atoms with Gasteiger partial charge in [-0.3, -0.25) is 4.79 Å². The maximum atomic E-state index is 12.5. The zero-order chi connectivity index (χ0) is 14.5. The molecular formula is C11H10F3N3O2S. The Balaban J connectivity index is 1.92. The van der Waals surface area contributed by atoms with Crippen LogP contribution in [0.25, 0.3) is 0 Å². The van der Waals surface area contributed by atoms with E-state index < -0.39 is 29.3 Å². The second-order valence-electron chi connectivity index (χ2n) is 4.87. The highest BCUT2D eigenvalue weighted by Crippen LogP contribution is 2.39. The van der Waals surface area contributed by atoms with Gasteiger partial charge < -0.3 is 5.32 Å². The highest BCUT2D eigenvalue weighted by molar-refractivity contribution is 7.14. The molecule has 3 rings (SSSR count). The third-order valence-corrected chi connectivity index (χ3v) is 4.42. The van der Waals surface area contributed by atoms with Gasteiger partial charge >= 0.3 is 12.2 Å². The van der Waals surface area contributed by atoms with E-state index in [2.05, 4.69) is 10.3 Å². The molecular weight excluding hydrogens is 295 g/mol. The summed E-state index contributed by atoms with van der Waals surface area (Å²) in [4.78, 5) is 28.3. The molecule has 1 aliphatic heterocycles. The highest BCUT2D eigenvalue weighted by atomic mass is 32.1. The number of alkyl halides is 3. The predicted octanol–water partition coefficient (Wildman–Crippen LogP) is 2.53. The lowest BCUT2D eigenvalue weighted by atomic mass is 9.98. The van der Waals surface area contributed by atoms with E-state index in [0.717, 1.165) is 23.1 Å². The highest BCUT2D eigenvalue weighted by Gasteiger charge is 2.54. The number of hydrogen-bond acceptors (Lipinski definition) is 4. The number of aromatic nitrogens is 1. The number of urea groups is 1. The standard InChI is InChI=1S/C11H10F3N3O2S/c12-11(13,14)6-5-20-9(15-6)17-7(18)10(16-8(17)19)3-1-2-4-10/h5H,1-4H2,(H,16,19). The Kier molecular flexibility index (Phi) is 2.79. The monoisotopic (exact) mass is 305 g/mol. The maximum Gasteiger partial charge on any atom is 0.434 e. The molecule has 1 aliphatic carbocycles. The molecule has 1 saturated heterocycles. The maximum absolute atomic E-state index is 12.5. The van der Waals surface area contributed by atoms with Crippen LogP contribution in [0.5, 0.6) is 0 Å². The first-order chi connectivity index (χ1) is 9.33. The van der Waals surface area contributed by atoms with Crippen molar-refractivity contribution in [3.63, 3.8) is 0 Å². The van der Waals surface area contributed by atoms with Crippen molar-refractivity contribution in [2.24, 2.45) is 0 Å². The van der Waals surface area contributed by atoms with Crippen molar-refractivity contribution in [1.82, 2.24) is 10.3 Å². The van der Waals surface area contributed by atoms with Crippen LogP contribution in [0.3, 0.4) is 0 Å². The number of halogens is 3. The lowest BCUT2D eigenvalue weighted by molar-refractivity contribution is -0.140. The molecule has 0 bridgehead atoms. The molecule has 0 atom stereocenters. The van der Waals surface area contributed by atoms with E-state index in [1.165, 1.54) is 0 Å². The molecule has 2 fully saturated rings. The van der Waals surface area contributed by atoms with E-state index in [4.69, 9.17) is 0 Å². The second-order valence-corrected chi connectivity index (χ2v) is 5.71. The molecule has 0 unspecified atom stereocenters. The molecule has 0 aromatic carbocycles. The van der Waals surface area contributed by atoms with Gasteiger partial charge in [-0.15, -0.1) is 11.3 Å². The zero-order valence-corrected chi connectivity index (χ0v) is 11.0. The Morgan fingerprint density at radius 1 is 1.30 bits per heavy atom. The Morgan fingerprint density at radius 3 is 2.50 bits per heavy atom. The Morgan fingerprint density at radius 2 is 1.95 bits per heavy atom. The van der Waals surface area contributed by atoms with Crippen LogP contribution in [-0.4, -0.2) is 22.5 Å². The summed E-state index contributed by atoms with van der Waals surface area (Å²) in [6, 6.07) is -0.694. The van der Waals surface area contributed by atoms with Gasteiger partial charge in [-0.05, 0) is 12.8 Å². The number of carbonyl (C=O) groups excluding carboxylic acids is 2. The molecule has 2 heterocycles. The van der Waals surface area contributed by atoms with Gasteiger partial charge in [0.2, 0.25) is 5.13 Å². The van der Waals surface area contributed by atoms with Crippen molar-refractivity contribution in [3.8, 4) is 0 Å². The van der Waals surface area contributed by atoms with Crippen molar-refractivity contribution >= 4 is 28.4 Å². The summed E-state index contributed by atoms with van der Waals surface area (Å²) in [7, 11) is 0. The average molecular weight is 305 g/mol. The largest absolute Gasteiger partial charge is 0.434 e. The van der Waals surface area contributed by atoms with E-state index in [0.29, 0.717) is 24.2 Å². The van der Waals surface area contributed by atoms with Crippen molar-refractivity contribution < 1.29 is 22.8 Å². The van der Waals surface area contributed by atoms with Crippen LogP contribution >= 0.6 is 11.3 Å². The van der Waals surface area contributed by atoms with E-state index in [-0.39, 0.29) is 5.13 Å². The summed E-state index contributed by atoms with van der Waals surface area (Å²) < 4.78 is 37.6. The number of nitrogens with one attached hydrogen (secondary N) is 1. The van der Waals surface area contributed by atoms with Gasteiger partial charge in [0.15, 0.2) is 5.69 Å². The number of imide groups is 1. The molecule has 5 nitrogen and oxygen atoms in total. The molecule has 1 aromatic rings. The van der Waals surface area contributed by atoms with Gasteiger partial charge in [-0.1, -0.05) is 12.8 Å². The molecule has 3 amide bonds. The zero-order valence-electron chi connectivity index (χ0n) is 10.2. The van der Waals surface area contributed by atoms with Crippen molar-refractivity contribution in [1.29, 1.82) is 0 Å². The third-order valence-electron chi connectivity index (χ3n) is 3.59. The molecule has 1 N–H and O–H groups in total. The fourth-order valence-electron chi connectivity index (χ4n) is 2.61. The van der Waals surface area contributed by atoms with Gasteiger partial charge in [0, 0.05) is 5.38 Å². The molecule has 0 radical (unpaired) electrons. The number of amides is 3. The minimum atomic E-state index is -4.58. The Bertz CT molecular complexity index is 578. The van der Waals surface area contributed by atoms with Gasteiger partial charge in [-0.25, -0.2) is 14.7 Å². The van der Waals surface area contributed by atoms with Crippen LogP contribution in [-0.2, 0) is 11.0 Å². The smallest absolute Gasteiger partial charge is 0.323 e. The summed E-state index contributed by atoms with van der Waals surface area (Å²) in [6.45, 7) is 0. The van der Waals surface area contributed by atoms with Gasteiger partial charge in [0.1, 0.15) is 5.54 Å². The Labute approximate surface area is 115 Å². The van der Waals surface area contributed by atoms with Gasteiger partial charge in [0.25, 0.3) is 5.91 Å². The summed E-state index contributed by atoms with van der Waals surface area (Å²) in [6.07, 6.45) is -1.92. The second kappa shape index (κ2) is 4.18. The number of thiazole rings is 1. The van der Waals surface area contributed by atoms with E-state index in [9.17, 15) is 22.8 Å². The van der Waals surface area contributed by atoms with Crippen LogP contribution in [0.15, 0.2) is 5.38 Å². The topological polar surface area (TPSA) is 62.3 Å². The van der Waals surface area contributed by atoms with E-state index in [1.807, 2.05) is 0 Å². The molecule has 20 heavy (non-hydrogen) atoms. The van der Waals surface area contributed by atoms with Gasteiger partial charge in [-0.2, -0.15) is 13.2 Å². The van der Waals surface area contributed by atoms with Crippen LogP contribution < -0.4 is 10.2 Å². The van der Waals surface area contributed by atoms with E-state index >= 15 is 0 Å². The quantitative estimate of drug-likeness (QED) is 0.811. The first kappa shape index (κ1) is 13.3. The van der Waals surface area contributed by atoms with Crippen molar-refractivity contribution in [3.05, 3.63) is 11.1 Å². The lowest BCUT2D eigenvalue weighted by Crippen LogP contribution is -2.44. The molecule has 2 aliphatic rings. The first-order valence-electron chi connectivity index (χ1n) is 6.03. The molecule has 9 heteroatoms. The summed E-state index contributed by atoms with van der Waals surface area (Å²) in [5.41, 5.74) is -2.04. The summed E-state index contributed by atoms with van der Waals surface area (Å²) in [5.74, 6) is -0.497. The fraction of sp³-hybridized carbons (Fsp3) is 0.545. The number of carbonyl (C=O) groups is 2. The van der Waals surface area contributed by atoms with Crippen LogP contribution in [0.4, 0.5) is 23.1 Å². The predicted molar refractivity (Wildman–Crippen MR) is 64.3 cm³/mol. The minimum absolute atomic E-state index is 0.233. The summed E-state index contributed by atoms with van der Waals surface area (Å²) >= 11 is 0.636. The minimum Gasteiger partial charge on any atom is -0.323 e.